The third kappa shape index (κ3) is 0.933. The summed E-state index contributed by atoms with van der Waals surface area (Å²) in [6, 6.07) is 6.37. The summed E-state index contributed by atoms with van der Waals surface area (Å²) in [6.45, 7) is 1.42. The molecule has 0 saturated carbocycles. The second-order valence-corrected chi connectivity index (χ2v) is 3.42. The summed E-state index contributed by atoms with van der Waals surface area (Å²) in [5.41, 5.74) is 1.38. The number of hydrogen-bond donors (Lipinski definition) is 0. The molecule has 3 heteroatoms. The number of rotatable bonds is 0. The van der Waals surface area contributed by atoms with Gasteiger partial charge in [0.25, 0.3) is 0 Å². The molecule has 0 saturated heterocycles. The molecule has 2 aliphatic heterocycles. The molecule has 0 N–H and O–H groups in total. The van der Waals surface area contributed by atoms with Crippen LogP contribution >= 0.6 is 0 Å². The maximum Gasteiger partial charge on any atom is 0.401 e. The van der Waals surface area contributed by atoms with Crippen LogP contribution in [0.4, 0.5) is 0 Å². The lowest BCUT2D eigenvalue weighted by Gasteiger charge is -2.13. The van der Waals surface area contributed by atoms with E-state index in [1.54, 1.807) is 0 Å². The number of nitrogens with zero attached hydrogens (tertiary/aromatic N) is 2. The first-order valence-corrected chi connectivity index (χ1v) is 4.54. The Morgan fingerprint density at radius 1 is 1.31 bits per heavy atom. The highest BCUT2D eigenvalue weighted by Crippen LogP contribution is 2.07. The molecule has 0 aromatic carbocycles. The summed E-state index contributed by atoms with van der Waals surface area (Å²) in [5, 5.41) is 0. The number of allylic oxidation sites excluding steroid dienone is 2. The standard InChI is InChI=1S/C10H10BN2/c1-3-7-12-9-13-8-4-2-6-11(13)10(12)5-1/h1-8H,9H2/q+1. The van der Waals surface area contributed by atoms with Gasteiger partial charge in [0.2, 0.25) is 6.67 Å². The van der Waals surface area contributed by atoms with Gasteiger partial charge in [0.15, 0.2) is 11.8 Å². The van der Waals surface area contributed by atoms with Gasteiger partial charge in [0.1, 0.15) is 0 Å². The second-order valence-electron chi connectivity index (χ2n) is 3.42. The highest BCUT2D eigenvalue weighted by Gasteiger charge is 2.38. The van der Waals surface area contributed by atoms with E-state index in [2.05, 4.69) is 58.1 Å². The number of fused-ring (bicyclic) bond motifs is 3. The third-order valence-corrected chi connectivity index (χ3v) is 2.63. The van der Waals surface area contributed by atoms with Crippen molar-refractivity contribution >= 4 is 12.4 Å². The molecule has 3 rings (SSSR count). The highest BCUT2D eigenvalue weighted by atomic mass is 15.2. The van der Waals surface area contributed by atoms with Crippen LogP contribution in [0.25, 0.3) is 0 Å². The van der Waals surface area contributed by atoms with Gasteiger partial charge in [-0.25, -0.2) is 0 Å². The molecule has 0 fully saturated rings. The largest absolute Gasteiger partial charge is 0.401 e. The molecule has 13 heavy (non-hydrogen) atoms. The summed E-state index contributed by atoms with van der Waals surface area (Å²) in [4.78, 5) is 2.33. The molecule has 62 valence electrons. The fraction of sp³-hybridized carbons (Fsp3) is 0.100. The van der Waals surface area contributed by atoms with Crippen LogP contribution in [0.5, 0.6) is 0 Å². The van der Waals surface area contributed by atoms with Crippen LogP contribution in [0.3, 0.4) is 0 Å². The molecule has 2 nitrogen and oxygen atoms in total. The normalized spacial score (nSPS) is 17.5. The molecule has 0 amide bonds. The molecule has 2 aliphatic rings. The van der Waals surface area contributed by atoms with Crippen LogP contribution in [-0.2, 0) is 6.67 Å². The van der Waals surface area contributed by atoms with E-state index >= 15 is 0 Å². The monoisotopic (exact) mass is 169 g/mol. The third-order valence-electron chi connectivity index (χ3n) is 2.63. The first-order valence-electron chi connectivity index (χ1n) is 4.54. The fourth-order valence-corrected chi connectivity index (χ4v) is 2.00. The van der Waals surface area contributed by atoms with Crippen molar-refractivity contribution in [2.75, 3.05) is 0 Å². The molecule has 0 unspecified atom stereocenters. The van der Waals surface area contributed by atoms with E-state index < -0.39 is 0 Å². The predicted molar refractivity (Wildman–Crippen MR) is 52.1 cm³/mol. The maximum atomic E-state index is 2.33. The van der Waals surface area contributed by atoms with Gasteiger partial charge in [-0.2, -0.15) is 4.57 Å². The van der Waals surface area contributed by atoms with Gasteiger partial charge < -0.3 is 4.81 Å². The molecule has 1 aromatic rings. The average Bonchev–Trinajstić information content (AvgIpc) is 2.56. The topological polar surface area (TPSA) is 7.12 Å². The SMILES string of the molecule is C1=CB2c3cccc[n+]3CN2C=C1. The molecule has 0 bridgehead atoms. The van der Waals surface area contributed by atoms with Crippen molar-refractivity contribution in [1.29, 1.82) is 0 Å². The van der Waals surface area contributed by atoms with Gasteiger partial charge in [-0.3, -0.25) is 0 Å². The van der Waals surface area contributed by atoms with E-state index in [0.29, 0.717) is 6.85 Å². The van der Waals surface area contributed by atoms with E-state index in [4.69, 9.17) is 0 Å². The minimum absolute atomic E-state index is 0.450. The van der Waals surface area contributed by atoms with Crippen molar-refractivity contribution in [1.82, 2.24) is 4.81 Å². The van der Waals surface area contributed by atoms with Crippen LogP contribution in [0, 0.1) is 0 Å². The fourth-order valence-electron chi connectivity index (χ4n) is 2.00. The predicted octanol–water partition coefficient (Wildman–Crippen LogP) is 0.0684. The molecular formula is C10H10BN2+. The van der Waals surface area contributed by atoms with Crippen molar-refractivity contribution in [3.8, 4) is 0 Å². The quantitative estimate of drug-likeness (QED) is 0.393. The first kappa shape index (κ1) is 6.95. The zero-order valence-corrected chi connectivity index (χ0v) is 7.30. The maximum absolute atomic E-state index is 2.33. The van der Waals surface area contributed by atoms with E-state index in [-0.39, 0.29) is 0 Å². The summed E-state index contributed by atoms with van der Waals surface area (Å²) in [5.74, 6) is 2.23. The minimum atomic E-state index is 0.450. The van der Waals surface area contributed by atoms with E-state index in [1.807, 2.05) is 0 Å². The Morgan fingerprint density at radius 2 is 2.31 bits per heavy atom. The molecule has 0 aliphatic carbocycles. The zero-order chi connectivity index (χ0) is 8.67. The molecule has 3 heterocycles. The van der Waals surface area contributed by atoms with Crippen LogP contribution in [0.15, 0.2) is 48.7 Å². The summed E-state index contributed by atoms with van der Waals surface area (Å²) >= 11 is 0. The van der Waals surface area contributed by atoms with E-state index in [9.17, 15) is 0 Å². The summed E-state index contributed by atoms with van der Waals surface area (Å²) in [7, 11) is 0. The Labute approximate surface area is 77.9 Å². The van der Waals surface area contributed by atoms with Crippen molar-refractivity contribution in [3.63, 3.8) is 0 Å². The Kier molecular flexibility index (Phi) is 1.33. The van der Waals surface area contributed by atoms with Crippen molar-refractivity contribution in [3.05, 3.63) is 48.7 Å². The van der Waals surface area contributed by atoms with Crippen LogP contribution in [0.1, 0.15) is 0 Å². The van der Waals surface area contributed by atoms with Crippen LogP contribution < -0.4 is 10.2 Å². The summed E-state index contributed by atoms with van der Waals surface area (Å²) in [6.07, 6.45) is 8.49. The van der Waals surface area contributed by atoms with Gasteiger partial charge in [0, 0.05) is 6.07 Å². The van der Waals surface area contributed by atoms with Gasteiger partial charge in [-0.15, -0.1) is 0 Å². The van der Waals surface area contributed by atoms with Crippen molar-refractivity contribution < 1.29 is 4.57 Å². The number of aromatic nitrogens is 1. The van der Waals surface area contributed by atoms with Gasteiger partial charge >= 0.3 is 6.85 Å². The lowest BCUT2D eigenvalue weighted by atomic mass is 9.57. The highest BCUT2D eigenvalue weighted by molar-refractivity contribution is 6.74. The van der Waals surface area contributed by atoms with Crippen molar-refractivity contribution in [2.45, 2.75) is 6.67 Å². The van der Waals surface area contributed by atoms with Crippen LogP contribution in [-0.4, -0.2) is 11.7 Å². The lowest BCUT2D eigenvalue weighted by Crippen LogP contribution is -2.47. The number of pyridine rings is 1. The Bertz CT molecular complexity index is 398. The minimum Gasteiger partial charge on any atom is -0.353 e. The number of hydrogen-bond acceptors (Lipinski definition) is 1. The second kappa shape index (κ2) is 2.49. The average molecular weight is 169 g/mol. The van der Waals surface area contributed by atoms with E-state index in [0.717, 1.165) is 6.67 Å². The van der Waals surface area contributed by atoms with Gasteiger partial charge in [-0.1, -0.05) is 18.1 Å². The lowest BCUT2D eigenvalue weighted by molar-refractivity contribution is -0.685. The zero-order valence-electron chi connectivity index (χ0n) is 7.30. The molecule has 0 atom stereocenters. The van der Waals surface area contributed by atoms with Gasteiger partial charge in [0.05, 0.1) is 0 Å². The smallest absolute Gasteiger partial charge is 0.353 e. The Morgan fingerprint density at radius 3 is 3.31 bits per heavy atom. The summed E-state index contributed by atoms with van der Waals surface area (Å²) < 4.78 is 2.28. The van der Waals surface area contributed by atoms with E-state index in [1.165, 1.54) is 5.59 Å². The van der Waals surface area contributed by atoms with Crippen LogP contribution in [0.2, 0.25) is 0 Å². The molecular weight excluding hydrogens is 159 g/mol. The first-order chi connectivity index (χ1) is 6.45. The molecule has 0 radical (unpaired) electrons. The molecule has 1 aromatic heterocycles. The molecule has 0 spiro atoms. The van der Waals surface area contributed by atoms with Crippen molar-refractivity contribution in [2.24, 2.45) is 0 Å². The Balaban J connectivity index is 2.12. The Hall–Kier alpha value is -1.51. The van der Waals surface area contributed by atoms with Gasteiger partial charge in [-0.05, 0) is 18.3 Å².